The number of allylic oxidation sites excluding steroid dienone is 3. The zero-order valence-corrected chi connectivity index (χ0v) is 28.8. The third kappa shape index (κ3) is 12.5. The minimum Gasteiger partial charge on any atom is -0.450 e. The molecule has 1 aliphatic carbocycles. The van der Waals surface area contributed by atoms with Crippen LogP contribution < -0.4 is 5.73 Å². The molecular formula is C34H54FN3O6. The zero-order valence-electron chi connectivity index (χ0n) is 28.8. The van der Waals surface area contributed by atoms with Crippen LogP contribution in [-0.2, 0) is 28.8 Å². The van der Waals surface area contributed by atoms with E-state index in [4.69, 9.17) is 20.2 Å². The van der Waals surface area contributed by atoms with Gasteiger partial charge in [-0.25, -0.2) is 14.2 Å². The zero-order chi connectivity index (χ0) is 34.7. The second-order valence-electron chi connectivity index (χ2n) is 9.88. The molecule has 0 radical (unpaired) electrons. The maximum absolute atomic E-state index is 14.7. The molecule has 248 valence electrons. The highest BCUT2D eigenvalue weighted by Gasteiger charge is 2.24. The lowest BCUT2D eigenvalue weighted by Gasteiger charge is -2.26. The molecule has 0 saturated carbocycles. The lowest BCUT2D eigenvalue weighted by atomic mass is 9.81. The number of aryl methyl sites for hydroxylation is 2. The number of carboxylic acid groups (broad SMARTS) is 1. The van der Waals surface area contributed by atoms with E-state index in [0.717, 1.165) is 61.4 Å². The highest BCUT2D eigenvalue weighted by molar-refractivity contribution is 5.95. The van der Waals surface area contributed by atoms with Crippen molar-refractivity contribution in [2.24, 2.45) is 11.7 Å². The van der Waals surface area contributed by atoms with Gasteiger partial charge in [0.2, 0.25) is 0 Å². The molecule has 0 amide bonds. The molecule has 1 heterocycles. The van der Waals surface area contributed by atoms with Gasteiger partial charge in [-0.15, -0.1) is 0 Å². The summed E-state index contributed by atoms with van der Waals surface area (Å²) in [6.45, 7) is 19.1. The number of carbonyl (C=O) groups is 2. The number of aromatic nitrogens is 1. The smallest absolute Gasteiger partial charge is 0.450 e. The van der Waals surface area contributed by atoms with Crippen LogP contribution in [-0.4, -0.2) is 47.7 Å². The summed E-state index contributed by atoms with van der Waals surface area (Å²) in [5, 5.41) is 18.8. The Balaban J connectivity index is 0. The summed E-state index contributed by atoms with van der Waals surface area (Å²) >= 11 is 0. The van der Waals surface area contributed by atoms with Crippen LogP contribution in [0, 0.1) is 28.8 Å². The third-order valence-electron chi connectivity index (χ3n) is 6.97. The first-order valence-corrected chi connectivity index (χ1v) is 15.3. The number of Topliss-reactive ketones (excluding diaryl/α,β-unsaturated/α-hetero) is 1. The molecule has 44 heavy (non-hydrogen) atoms. The van der Waals surface area contributed by atoms with E-state index >= 15 is 0 Å². The van der Waals surface area contributed by atoms with E-state index in [9.17, 15) is 14.0 Å². The van der Waals surface area contributed by atoms with Crippen LogP contribution in [0.2, 0.25) is 0 Å². The average Bonchev–Trinajstić information content (AvgIpc) is 2.99. The summed E-state index contributed by atoms with van der Waals surface area (Å²) in [6, 6.07) is 1.54. The quantitative estimate of drug-likeness (QED) is 0.0987. The van der Waals surface area contributed by atoms with Crippen molar-refractivity contribution >= 4 is 28.4 Å². The van der Waals surface area contributed by atoms with Crippen molar-refractivity contribution in [2.45, 2.75) is 101 Å². The molecule has 10 heteroatoms. The molecule has 3 rings (SSSR count). The van der Waals surface area contributed by atoms with Crippen LogP contribution in [0.1, 0.15) is 103 Å². The molecular weight excluding hydrogens is 565 g/mol. The van der Waals surface area contributed by atoms with Crippen molar-refractivity contribution in [3.63, 3.8) is 0 Å². The van der Waals surface area contributed by atoms with Crippen LogP contribution >= 0.6 is 0 Å². The number of hydrogen-bond acceptors (Lipinski definition) is 7. The first-order chi connectivity index (χ1) is 20.8. The molecule has 3 N–H and O–H groups in total. The summed E-state index contributed by atoms with van der Waals surface area (Å²) in [7, 11) is 2.39. The Labute approximate surface area is 262 Å². The summed E-state index contributed by atoms with van der Waals surface area (Å²) in [4.78, 5) is 36.2. The summed E-state index contributed by atoms with van der Waals surface area (Å²) in [6.07, 6.45) is 5.11. The lowest BCUT2D eigenvalue weighted by Crippen LogP contribution is -2.14. The minimum atomic E-state index is -1.42. The average molecular weight is 620 g/mol. The number of nitrogens with two attached hydrogens (primary N) is 1. The Kier molecular flexibility index (Phi) is 21.2. The highest BCUT2D eigenvalue weighted by Crippen LogP contribution is 2.38. The summed E-state index contributed by atoms with van der Waals surface area (Å²) < 4.78 is 19.4. The first-order valence-electron chi connectivity index (χ1n) is 15.3. The fraction of sp³-hybridized carbons (Fsp3) is 0.559. The van der Waals surface area contributed by atoms with Gasteiger partial charge in [0.25, 0.3) is 0 Å². The van der Waals surface area contributed by atoms with E-state index in [2.05, 4.69) is 24.3 Å². The fourth-order valence-electron chi connectivity index (χ4n) is 4.87. The van der Waals surface area contributed by atoms with Crippen molar-refractivity contribution in [2.75, 3.05) is 20.7 Å². The number of nitrogens with zero attached hydrogens (tertiary/aromatic N) is 2. The predicted octanol–water partition coefficient (Wildman–Crippen LogP) is 8.28. The largest absolute Gasteiger partial charge is 0.506 e. The Morgan fingerprint density at radius 2 is 1.68 bits per heavy atom. The van der Waals surface area contributed by atoms with Crippen molar-refractivity contribution in [1.82, 2.24) is 4.98 Å². The van der Waals surface area contributed by atoms with Crippen molar-refractivity contribution in [1.29, 1.82) is 0 Å². The molecule has 0 aliphatic heterocycles. The van der Waals surface area contributed by atoms with E-state index in [1.165, 1.54) is 31.2 Å². The van der Waals surface area contributed by atoms with Crippen molar-refractivity contribution < 1.29 is 28.7 Å². The molecule has 1 unspecified atom stereocenters. The highest BCUT2D eigenvalue weighted by atomic mass is 19.1. The number of rotatable bonds is 8. The molecule has 1 aliphatic rings. The number of benzene rings is 1. The fourth-order valence-corrected chi connectivity index (χ4v) is 4.87. The monoisotopic (exact) mass is 619 g/mol. The first kappa shape index (κ1) is 42.5. The van der Waals surface area contributed by atoms with Gasteiger partial charge in [0.1, 0.15) is 12.4 Å². The summed E-state index contributed by atoms with van der Waals surface area (Å²) in [5.74, 6) is -0.0143. The van der Waals surface area contributed by atoms with Crippen LogP contribution in [0.3, 0.4) is 0 Å². The Hall–Kier alpha value is -3.66. The van der Waals surface area contributed by atoms with Gasteiger partial charge in [0.15, 0.2) is 12.8 Å². The van der Waals surface area contributed by atoms with Gasteiger partial charge in [-0.2, -0.15) is 0 Å². The van der Waals surface area contributed by atoms with Crippen LogP contribution in [0.4, 0.5) is 9.18 Å². The number of nitro groups is 1. The Bertz CT molecular complexity index is 1310. The standard InChI is InChI=1S/C28H34FNO4.2C2H6.CH3NO2.CH5N/c1-7-15(2)11-22-21-10-8-9-20-18(5)24(29)13-25(26(20)21)30-27(22)17(4)12-16(3)23(19(6)31)14-34-28(32)33;2*1-2;1-2(3)4;1-2/h12-13,15H,7-11,14H2,1-6H3,(H,32,33);2*1-2H3;1H3;2H2,1H3/b17-12+,23-16-;;;;. The molecule has 0 bridgehead atoms. The number of hydrogen-bond donors (Lipinski definition) is 2. The topological polar surface area (TPSA) is 146 Å². The van der Waals surface area contributed by atoms with Crippen molar-refractivity contribution in [3.8, 4) is 0 Å². The Morgan fingerprint density at radius 1 is 1.16 bits per heavy atom. The van der Waals surface area contributed by atoms with Gasteiger partial charge in [0, 0.05) is 21.9 Å². The van der Waals surface area contributed by atoms with Crippen molar-refractivity contribution in [3.05, 3.63) is 67.2 Å². The molecule has 1 aromatic carbocycles. The molecule has 0 saturated heterocycles. The molecule has 1 atom stereocenters. The van der Waals surface area contributed by atoms with E-state index in [1.807, 2.05) is 47.6 Å². The third-order valence-corrected chi connectivity index (χ3v) is 6.97. The van der Waals surface area contributed by atoms with E-state index in [0.29, 0.717) is 28.1 Å². The van der Waals surface area contributed by atoms with E-state index in [1.54, 1.807) is 6.92 Å². The van der Waals surface area contributed by atoms with E-state index in [-0.39, 0.29) is 18.2 Å². The molecule has 1 aromatic heterocycles. The second kappa shape index (κ2) is 21.9. The van der Waals surface area contributed by atoms with Gasteiger partial charge >= 0.3 is 6.16 Å². The SMILES string of the molecule is CC.CC.CCC(C)Cc1c(/C(C)=C/C(C)=C(/COC(=O)O)C(C)=O)nc2cc(F)c(C)c3c2c1CCC3.CN.C[N+](=O)[O-]. The normalized spacial score (nSPS) is 12.7. The van der Waals surface area contributed by atoms with Gasteiger partial charge in [-0.3, -0.25) is 14.9 Å². The predicted molar refractivity (Wildman–Crippen MR) is 178 cm³/mol. The van der Waals surface area contributed by atoms with Gasteiger partial charge < -0.3 is 15.6 Å². The van der Waals surface area contributed by atoms with Gasteiger partial charge in [0.05, 0.1) is 11.2 Å². The summed E-state index contributed by atoms with van der Waals surface area (Å²) in [5.41, 5.74) is 12.0. The number of carbonyl (C=O) groups excluding carboxylic acids is 1. The molecule has 9 nitrogen and oxygen atoms in total. The lowest BCUT2D eigenvalue weighted by molar-refractivity contribution is -0.445. The van der Waals surface area contributed by atoms with E-state index < -0.39 is 11.1 Å². The second-order valence-corrected chi connectivity index (χ2v) is 9.88. The van der Waals surface area contributed by atoms with Gasteiger partial charge in [-0.05, 0) is 99.7 Å². The minimum absolute atomic E-state index is 0.231. The van der Waals surface area contributed by atoms with Crippen LogP contribution in [0.25, 0.3) is 16.5 Å². The number of ketones is 1. The number of halogens is 1. The van der Waals surface area contributed by atoms with Crippen LogP contribution in [0.5, 0.6) is 0 Å². The maximum atomic E-state index is 14.7. The Morgan fingerprint density at radius 3 is 2.16 bits per heavy atom. The molecule has 0 fully saturated rings. The van der Waals surface area contributed by atoms with Crippen LogP contribution in [0.15, 0.2) is 23.3 Å². The molecule has 2 aromatic rings. The maximum Gasteiger partial charge on any atom is 0.506 e. The number of ether oxygens (including phenoxy) is 1. The number of pyridine rings is 1. The van der Waals surface area contributed by atoms with Gasteiger partial charge in [-0.1, -0.05) is 54.0 Å². The molecule has 0 spiro atoms.